The van der Waals surface area contributed by atoms with E-state index in [9.17, 15) is 9.59 Å². The van der Waals surface area contributed by atoms with Crippen LogP contribution in [0.5, 0.6) is 0 Å². The molecule has 0 unspecified atom stereocenters. The molecular formula is C16H27ClN4O2. The number of rotatable bonds is 6. The maximum absolute atomic E-state index is 12.3. The van der Waals surface area contributed by atoms with Crippen LogP contribution < -0.4 is 5.56 Å². The van der Waals surface area contributed by atoms with Gasteiger partial charge in [0, 0.05) is 19.2 Å². The molecule has 0 aliphatic heterocycles. The van der Waals surface area contributed by atoms with Gasteiger partial charge >= 0.3 is 0 Å². The topological polar surface area (TPSA) is 69.3 Å². The summed E-state index contributed by atoms with van der Waals surface area (Å²) >= 11 is 0. The second-order valence-electron chi connectivity index (χ2n) is 6.31. The van der Waals surface area contributed by atoms with Gasteiger partial charge in [0.25, 0.3) is 5.56 Å². The maximum Gasteiger partial charge on any atom is 0.267 e. The predicted molar refractivity (Wildman–Crippen MR) is 93.3 cm³/mol. The van der Waals surface area contributed by atoms with Crippen molar-refractivity contribution in [3.8, 4) is 0 Å². The lowest BCUT2D eigenvalue weighted by Gasteiger charge is -2.20. The molecule has 0 aromatic carbocycles. The van der Waals surface area contributed by atoms with Gasteiger partial charge in [-0.3, -0.25) is 9.59 Å². The highest BCUT2D eigenvalue weighted by molar-refractivity contribution is 5.85. The largest absolute Gasteiger partial charge is 0.345 e. The van der Waals surface area contributed by atoms with Crippen LogP contribution in [0.2, 0.25) is 0 Å². The molecule has 7 heteroatoms. The fourth-order valence-corrected chi connectivity index (χ4v) is 2.90. The first-order valence-corrected chi connectivity index (χ1v) is 7.97. The number of H-pyrrole nitrogens is 1. The smallest absolute Gasteiger partial charge is 0.267 e. The molecule has 0 bridgehead atoms. The number of hydrogen-bond donors (Lipinski definition) is 1. The molecule has 0 fully saturated rings. The lowest BCUT2D eigenvalue weighted by molar-refractivity contribution is -0.129. The van der Waals surface area contributed by atoms with E-state index in [0.29, 0.717) is 0 Å². The minimum absolute atomic E-state index is 0. The summed E-state index contributed by atoms with van der Waals surface area (Å²) in [7, 11) is 5.88. The normalized spacial score (nSPS) is 13.4. The summed E-state index contributed by atoms with van der Waals surface area (Å²) in [5.74, 6) is 0.0612. The number of carbonyl (C=O) groups is 1. The number of carbonyl (C=O) groups excluding carboxylic acids is 1. The molecule has 1 aliphatic rings. The molecule has 0 saturated carbocycles. The molecule has 1 aromatic heterocycles. The summed E-state index contributed by atoms with van der Waals surface area (Å²) < 4.78 is 0. The number of fused-ring (bicyclic) bond motifs is 1. The van der Waals surface area contributed by atoms with Gasteiger partial charge in [0.1, 0.15) is 0 Å². The van der Waals surface area contributed by atoms with E-state index < -0.39 is 0 Å². The minimum Gasteiger partial charge on any atom is -0.345 e. The number of amides is 1. The fraction of sp³-hybridized carbons (Fsp3) is 0.688. The van der Waals surface area contributed by atoms with E-state index in [1.165, 1.54) is 0 Å². The third-order valence-electron chi connectivity index (χ3n) is 4.23. The van der Waals surface area contributed by atoms with Gasteiger partial charge in [0.15, 0.2) is 0 Å². The van der Waals surface area contributed by atoms with Crippen LogP contribution >= 0.6 is 12.4 Å². The van der Waals surface area contributed by atoms with Crippen molar-refractivity contribution in [2.45, 2.75) is 38.5 Å². The van der Waals surface area contributed by atoms with Gasteiger partial charge < -0.3 is 9.80 Å². The number of hydrogen-bond acceptors (Lipinski definition) is 4. The third-order valence-corrected chi connectivity index (χ3v) is 4.23. The van der Waals surface area contributed by atoms with Gasteiger partial charge in [0.2, 0.25) is 5.91 Å². The van der Waals surface area contributed by atoms with Crippen molar-refractivity contribution in [3.05, 3.63) is 27.2 Å². The molecule has 130 valence electrons. The quantitative estimate of drug-likeness (QED) is 0.838. The van der Waals surface area contributed by atoms with E-state index in [4.69, 9.17) is 0 Å². The Balaban J connectivity index is 0.00000264. The average molecular weight is 343 g/mol. The van der Waals surface area contributed by atoms with Gasteiger partial charge in [-0.15, -0.1) is 12.4 Å². The van der Waals surface area contributed by atoms with E-state index in [1.807, 2.05) is 21.1 Å². The standard InChI is InChI=1S/C16H26N4O2.ClH/c1-19(2)9-6-10-20(3)15(21)11-14-12-7-4-5-8-13(12)16(22)18-17-14;/h4-11H2,1-3H3,(H,18,22);1H. The van der Waals surface area contributed by atoms with Crippen LogP contribution in [0.1, 0.15) is 36.1 Å². The first-order chi connectivity index (χ1) is 10.5. The maximum atomic E-state index is 12.3. The predicted octanol–water partition coefficient (Wildman–Crippen LogP) is 1.02. The van der Waals surface area contributed by atoms with Crippen LogP contribution in [0.4, 0.5) is 0 Å². The number of halogens is 1. The summed E-state index contributed by atoms with van der Waals surface area (Å²) in [6.45, 7) is 1.70. The summed E-state index contributed by atoms with van der Waals surface area (Å²) in [6, 6.07) is 0. The van der Waals surface area contributed by atoms with Crippen molar-refractivity contribution in [2.24, 2.45) is 0 Å². The van der Waals surface area contributed by atoms with Crippen LogP contribution in [-0.4, -0.2) is 60.1 Å². The fourth-order valence-electron chi connectivity index (χ4n) is 2.90. The van der Waals surface area contributed by atoms with Gasteiger partial charge in [-0.25, -0.2) is 5.10 Å². The molecule has 1 heterocycles. The van der Waals surface area contributed by atoms with Gasteiger partial charge in [-0.2, -0.15) is 5.10 Å². The molecular weight excluding hydrogens is 316 g/mol. The Hall–Kier alpha value is -1.40. The molecule has 0 atom stereocenters. The minimum atomic E-state index is -0.0924. The highest BCUT2D eigenvalue weighted by Gasteiger charge is 2.20. The lowest BCUT2D eigenvalue weighted by atomic mass is 9.91. The highest BCUT2D eigenvalue weighted by atomic mass is 35.5. The zero-order valence-corrected chi connectivity index (χ0v) is 15.0. The second kappa shape index (κ2) is 9.03. The van der Waals surface area contributed by atoms with Gasteiger partial charge in [0.05, 0.1) is 12.1 Å². The Bertz CT molecular complexity index is 586. The van der Waals surface area contributed by atoms with E-state index in [1.54, 1.807) is 4.90 Å². The lowest BCUT2D eigenvalue weighted by Crippen LogP contribution is -2.32. The summed E-state index contributed by atoms with van der Waals surface area (Å²) in [5.41, 5.74) is 2.49. The van der Waals surface area contributed by atoms with Crippen molar-refractivity contribution >= 4 is 18.3 Å². The molecule has 0 spiro atoms. The summed E-state index contributed by atoms with van der Waals surface area (Å²) in [4.78, 5) is 28.0. The molecule has 1 N–H and O–H groups in total. The van der Waals surface area contributed by atoms with Crippen LogP contribution in [-0.2, 0) is 24.1 Å². The molecule has 2 rings (SSSR count). The summed E-state index contributed by atoms with van der Waals surface area (Å²) in [5, 5.41) is 6.68. The molecule has 1 aromatic rings. The van der Waals surface area contributed by atoms with Crippen molar-refractivity contribution in [2.75, 3.05) is 34.2 Å². The molecule has 1 amide bonds. The van der Waals surface area contributed by atoms with E-state index in [-0.39, 0.29) is 30.3 Å². The number of aromatic nitrogens is 2. The van der Waals surface area contributed by atoms with Crippen LogP contribution in [0.25, 0.3) is 0 Å². The Morgan fingerprint density at radius 3 is 2.43 bits per heavy atom. The SMILES string of the molecule is CN(C)CCCN(C)C(=O)Cc1n[nH]c(=O)c2c1CCCC2.Cl. The molecule has 6 nitrogen and oxygen atoms in total. The van der Waals surface area contributed by atoms with Crippen molar-refractivity contribution < 1.29 is 4.79 Å². The molecule has 0 radical (unpaired) electrons. The van der Waals surface area contributed by atoms with E-state index >= 15 is 0 Å². The average Bonchev–Trinajstić information content (AvgIpc) is 2.49. The van der Waals surface area contributed by atoms with E-state index in [0.717, 1.165) is 62.0 Å². The Morgan fingerprint density at radius 1 is 1.13 bits per heavy atom. The highest BCUT2D eigenvalue weighted by Crippen LogP contribution is 2.20. The number of likely N-dealkylation sites (N-methyl/N-ethyl adjacent to an activating group) is 1. The number of nitrogens with zero attached hydrogens (tertiary/aromatic N) is 3. The Morgan fingerprint density at radius 2 is 1.78 bits per heavy atom. The third kappa shape index (κ3) is 5.32. The zero-order chi connectivity index (χ0) is 16.1. The van der Waals surface area contributed by atoms with Crippen molar-refractivity contribution in [1.29, 1.82) is 0 Å². The molecule has 1 aliphatic carbocycles. The van der Waals surface area contributed by atoms with Gasteiger partial charge in [-0.05, 0) is 58.3 Å². The Labute approximate surface area is 143 Å². The summed E-state index contributed by atoms with van der Waals surface area (Å²) in [6.07, 6.45) is 4.99. The van der Waals surface area contributed by atoms with Crippen molar-refractivity contribution in [1.82, 2.24) is 20.0 Å². The molecule has 0 saturated heterocycles. The monoisotopic (exact) mass is 342 g/mol. The van der Waals surface area contributed by atoms with Crippen LogP contribution in [0.15, 0.2) is 4.79 Å². The first-order valence-electron chi connectivity index (χ1n) is 7.97. The molecule has 23 heavy (non-hydrogen) atoms. The van der Waals surface area contributed by atoms with Crippen LogP contribution in [0, 0.1) is 0 Å². The van der Waals surface area contributed by atoms with E-state index in [2.05, 4.69) is 15.1 Å². The Kier molecular flexibility index (Phi) is 7.72. The zero-order valence-electron chi connectivity index (χ0n) is 14.2. The number of nitrogens with one attached hydrogen (secondary N) is 1. The first kappa shape index (κ1) is 19.6. The van der Waals surface area contributed by atoms with Crippen LogP contribution in [0.3, 0.4) is 0 Å². The second-order valence-corrected chi connectivity index (χ2v) is 6.31. The van der Waals surface area contributed by atoms with Gasteiger partial charge in [-0.1, -0.05) is 0 Å². The van der Waals surface area contributed by atoms with Crippen molar-refractivity contribution in [3.63, 3.8) is 0 Å². The number of aromatic amines is 1.